The number of amides is 1. The van der Waals surface area contributed by atoms with Crippen molar-refractivity contribution < 1.29 is 38.5 Å². The monoisotopic (exact) mass is 659 g/mol. The summed E-state index contributed by atoms with van der Waals surface area (Å²) in [6.07, 6.45) is 9.05. The Morgan fingerprint density at radius 3 is 2.40 bits per heavy atom. The largest absolute Gasteiger partial charge is 0.462 e. The van der Waals surface area contributed by atoms with E-state index in [1.807, 2.05) is 27.7 Å². The number of carbonyl (C=O) groups excluding carboxylic acids is 4. The molecule has 0 aromatic carbocycles. The van der Waals surface area contributed by atoms with E-state index in [4.69, 9.17) is 14.2 Å². The van der Waals surface area contributed by atoms with Crippen molar-refractivity contribution in [2.75, 3.05) is 13.2 Å². The highest BCUT2D eigenvalue weighted by atomic mass is 16.6. The van der Waals surface area contributed by atoms with Crippen LogP contribution in [0.3, 0.4) is 0 Å². The van der Waals surface area contributed by atoms with E-state index in [0.717, 1.165) is 51.4 Å². The molecule has 10 unspecified atom stereocenters. The first-order valence-electron chi connectivity index (χ1n) is 18.6. The third-order valence-corrected chi connectivity index (χ3v) is 14.0. The molecule has 0 bridgehead atoms. The first kappa shape index (κ1) is 36.1. The summed E-state index contributed by atoms with van der Waals surface area (Å²) in [4.78, 5) is 49.5. The normalized spacial score (nSPS) is 40.2. The van der Waals surface area contributed by atoms with Gasteiger partial charge < -0.3 is 24.6 Å². The van der Waals surface area contributed by atoms with Gasteiger partial charge >= 0.3 is 17.9 Å². The summed E-state index contributed by atoms with van der Waals surface area (Å²) in [5.41, 5.74) is -0.534. The summed E-state index contributed by atoms with van der Waals surface area (Å²) >= 11 is 0. The highest BCUT2D eigenvalue weighted by Gasteiger charge is 2.64. The molecule has 5 rings (SSSR count). The van der Waals surface area contributed by atoms with Gasteiger partial charge in [-0.05, 0) is 111 Å². The van der Waals surface area contributed by atoms with Crippen LogP contribution < -0.4 is 5.32 Å². The van der Waals surface area contributed by atoms with Crippen LogP contribution in [0.15, 0.2) is 0 Å². The summed E-state index contributed by atoms with van der Waals surface area (Å²) < 4.78 is 16.4. The van der Waals surface area contributed by atoms with Crippen molar-refractivity contribution >= 4 is 23.8 Å². The molecule has 266 valence electrons. The molecule has 12 atom stereocenters. The summed E-state index contributed by atoms with van der Waals surface area (Å²) in [7, 11) is 0. The summed E-state index contributed by atoms with van der Waals surface area (Å²) in [5.74, 6) is 1.55. The fourth-order valence-electron chi connectivity index (χ4n) is 10.8. The fraction of sp³-hybridized carbons (Fsp3) is 0.895. The molecule has 47 heavy (non-hydrogen) atoms. The van der Waals surface area contributed by atoms with Crippen LogP contribution in [0.4, 0.5) is 0 Å². The second kappa shape index (κ2) is 14.0. The molecule has 0 spiro atoms. The topological polar surface area (TPSA) is 128 Å². The molecule has 9 heteroatoms. The summed E-state index contributed by atoms with van der Waals surface area (Å²) in [6.45, 7) is 15.1. The van der Waals surface area contributed by atoms with Gasteiger partial charge in [0, 0.05) is 18.4 Å². The molecule has 2 N–H and O–H groups in total. The predicted molar refractivity (Wildman–Crippen MR) is 177 cm³/mol. The zero-order valence-electron chi connectivity index (χ0n) is 30.0. The van der Waals surface area contributed by atoms with Crippen molar-refractivity contribution in [3.63, 3.8) is 0 Å². The highest BCUT2D eigenvalue weighted by Crippen LogP contribution is 2.68. The number of rotatable bonds is 11. The quantitative estimate of drug-likeness (QED) is 0.205. The van der Waals surface area contributed by atoms with Crippen molar-refractivity contribution in [2.24, 2.45) is 57.7 Å². The minimum absolute atomic E-state index is 0.00191. The smallest absolute Gasteiger partial charge is 0.348 e. The molecular weight excluding hydrogens is 598 g/mol. The number of fused-ring (bicyclic) bond motifs is 5. The summed E-state index contributed by atoms with van der Waals surface area (Å²) in [5, 5.41) is 14.8. The van der Waals surface area contributed by atoms with Crippen molar-refractivity contribution in [3.05, 3.63) is 0 Å². The molecule has 4 saturated carbocycles. The lowest BCUT2D eigenvalue weighted by atomic mass is 9.43. The first-order valence-corrected chi connectivity index (χ1v) is 18.6. The maximum Gasteiger partial charge on any atom is 0.348 e. The Morgan fingerprint density at radius 2 is 1.72 bits per heavy atom. The maximum absolute atomic E-state index is 12.7. The summed E-state index contributed by atoms with van der Waals surface area (Å²) in [6, 6.07) is 0. The number of carbonyl (C=O) groups is 4. The second-order valence-corrected chi connectivity index (χ2v) is 17.2. The number of aliphatic hydroxyl groups excluding tert-OH is 1. The molecule has 5 aliphatic rings. The van der Waals surface area contributed by atoms with Gasteiger partial charge in [-0.2, -0.15) is 0 Å². The van der Waals surface area contributed by atoms with Gasteiger partial charge in [0.1, 0.15) is 12.7 Å². The Kier molecular flexibility index (Phi) is 10.8. The van der Waals surface area contributed by atoms with E-state index in [1.54, 1.807) is 0 Å². The molecular formula is C38H61NO8. The van der Waals surface area contributed by atoms with Crippen LogP contribution in [0.5, 0.6) is 0 Å². The van der Waals surface area contributed by atoms with E-state index in [1.165, 1.54) is 12.8 Å². The lowest BCUT2D eigenvalue weighted by molar-refractivity contribution is -0.183. The minimum Gasteiger partial charge on any atom is -0.462 e. The SMILES string of the molecule is CCC(C)C(=O)OC1CC[C@@]2(C)C(CCC3C2CC(O)[C@]2(C)C(C(C)CCC(=O)NCCC(=O)OC4C(=O)OCC4(C)C)CCC32)C1. The van der Waals surface area contributed by atoms with Gasteiger partial charge in [0.15, 0.2) is 0 Å². The molecule has 1 heterocycles. The number of aliphatic hydroxyl groups is 1. The van der Waals surface area contributed by atoms with E-state index < -0.39 is 23.5 Å². The number of cyclic esters (lactones) is 1. The first-order chi connectivity index (χ1) is 22.1. The van der Waals surface area contributed by atoms with E-state index in [0.29, 0.717) is 41.9 Å². The number of hydrogen-bond donors (Lipinski definition) is 2. The molecule has 1 aliphatic heterocycles. The Balaban J connectivity index is 1.11. The lowest BCUT2D eigenvalue weighted by Gasteiger charge is -2.62. The number of ether oxygens (including phenoxy) is 3. The Hall–Kier alpha value is -2.16. The van der Waals surface area contributed by atoms with Crippen molar-refractivity contribution in [1.82, 2.24) is 5.32 Å². The number of hydrogen-bond acceptors (Lipinski definition) is 8. The van der Waals surface area contributed by atoms with Gasteiger partial charge in [-0.25, -0.2) is 4.79 Å². The lowest BCUT2D eigenvalue weighted by Crippen LogP contribution is -2.59. The van der Waals surface area contributed by atoms with Crippen LogP contribution in [-0.2, 0) is 33.4 Å². The number of esters is 3. The van der Waals surface area contributed by atoms with E-state index in [-0.39, 0.29) is 60.4 Å². The molecule has 1 amide bonds. The molecule has 5 fully saturated rings. The van der Waals surface area contributed by atoms with E-state index in [9.17, 15) is 24.3 Å². The van der Waals surface area contributed by atoms with E-state index in [2.05, 4.69) is 26.1 Å². The Morgan fingerprint density at radius 1 is 0.979 bits per heavy atom. The Labute approximate surface area is 282 Å². The van der Waals surface area contributed by atoms with Gasteiger partial charge in [-0.1, -0.05) is 48.5 Å². The standard InChI is InChI=1S/C38H61NO8/c1-8-22(2)34(43)46-25-15-17-37(6)24(19-25)10-11-26-28-13-12-27(38(28,7)30(40)20-29(26)37)23(3)9-14-31(41)39-18-16-32(42)47-33-35(44)45-21-36(33,4)5/h22-30,33,40H,8-21H2,1-7H3,(H,39,41)/t22?,23?,24?,25?,26?,27?,28?,29?,30?,33?,37-,38+/m0/s1. The van der Waals surface area contributed by atoms with Gasteiger partial charge in [-0.3, -0.25) is 14.4 Å². The zero-order chi connectivity index (χ0) is 34.3. The molecule has 9 nitrogen and oxygen atoms in total. The zero-order valence-corrected chi connectivity index (χ0v) is 30.0. The molecule has 4 aliphatic carbocycles. The van der Waals surface area contributed by atoms with Crippen molar-refractivity contribution in [1.29, 1.82) is 0 Å². The van der Waals surface area contributed by atoms with E-state index >= 15 is 0 Å². The van der Waals surface area contributed by atoms with Crippen LogP contribution in [0, 0.1) is 57.7 Å². The Bertz CT molecular complexity index is 1190. The van der Waals surface area contributed by atoms with Gasteiger partial charge in [0.25, 0.3) is 0 Å². The predicted octanol–water partition coefficient (Wildman–Crippen LogP) is 5.99. The highest BCUT2D eigenvalue weighted by molar-refractivity contribution is 5.82. The van der Waals surface area contributed by atoms with Crippen LogP contribution in [0.25, 0.3) is 0 Å². The van der Waals surface area contributed by atoms with Crippen LogP contribution >= 0.6 is 0 Å². The average molecular weight is 660 g/mol. The van der Waals surface area contributed by atoms with Crippen LogP contribution in [0.1, 0.15) is 126 Å². The third kappa shape index (κ3) is 6.98. The minimum atomic E-state index is -0.910. The van der Waals surface area contributed by atoms with Gasteiger partial charge in [-0.15, -0.1) is 0 Å². The molecule has 1 saturated heterocycles. The molecule has 0 radical (unpaired) electrons. The van der Waals surface area contributed by atoms with Crippen molar-refractivity contribution in [3.8, 4) is 0 Å². The number of nitrogens with one attached hydrogen (secondary N) is 1. The van der Waals surface area contributed by atoms with Gasteiger partial charge in [0.05, 0.1) is 18.4 Å². The second-order valence-electron chi connectivity index (χ2n) is 17.2. The average Bonchev–Trinajstić information content (AvgIpc) is 3.52. The fourth-order valence-corrected chi connectivity index (χ4v) is 10.8. The maximum atomic E-state index is 12.7. The van der Waals surface area contributed by atoms with Crippen LogP contribution in [-0.4, -0.2) is 60.4 Å². The third-order valence-electron chi connectivity index (χ3n) is 14.0. The van der Waals surface area contributed by atoms with Crippen molar-refractivity contribution in [2.45, 2.75) is 144 Å². The van der Waals surface area contributed by atoms with Crippen LogP contribution in [0.2, 0.25) is 0 Å². The molecule has 0 aromatic heterocycles. The van der Waals surface area contributed by atoms with Gasteiger partial charge in [0.2, 0.25) is 12.0 Å². The molecule has 0 aromatic rings.